The minimum atomic E-state index is 0.186. The fourth-order valence-corrected chi connectivity index (χ4v) is 3.63. The Morgan fingerprint density at radius 2 is 2.29 bits per heavy atom. The monoisotopic (exact) mass is 308 g/mol. The van der Waals surface area contributed by atoms with Crippen molar-refractivity contribution in [3.63, 3.8) is 0 Å². The van der Waals surface area contributed by atoms with E-state index in [1.165, 1.54) is 12.8 Å². The number of nitrogens with zero attached hydrogens (tertiary/aromatic N) is 3. The van der Waals surface area contributed by atoms with E-state index in [0.717, 1.165) is 29.2 Å². The van der Waals surface area contributed by atoms with Gasteiger partial charge in [-0.1, -0.05) is 11.2 Å². The summed E-state index contributed by atoms with van der Waals surface area (Å²) < 4.78 is 0. The zero-order chi connectivity index (χ0) is 15.4. The zero-order valence-electron chi connectivity index (χ0n) is 12.9. The molecular formula is C15H24N4OS. The van der Waals surface area contributed by atoms with Gasteiger partial charge in [0.25, 0.3) is 0 Å². The molecule has 0 radical (unpaired) electrons. The lowest BCUT2D eigenvalue weighted by molar-refractivity contribution is 0.318. The van der Waals surface area contributed by atoms with Gasteiger partial charge in [0.1, 0.15) is 0 Å². The topological polar surface area (TPSA) is 65.1 Å². The summed E-state index contributed by atoms with van der Waals surface area (Å²) in [6, 6.07) is 6.60. The van der Waals surface area contributed by atoms with E-state index in [4.69, 9.17) is 10.9 Å². The molecule has 0 aliphatic carbocycles. The van der Waals surface area contributed by atoms with Crippen LogP contribution >= 0.6 is 11.8 Å². The molecule has 0 aromatic heterocycles. The van der Waals surface area contributed by atoms with Gasteiger partial charge >= 0.3 is 0 Å². The molecular weight excluding hydrogens is 284 g/mol. The summed E-state index contributed by atoms with van der Waals surface area (Å²) in [6.45, 7) is 2.03. The standard InChI is InChI=1S/C15H24N4OS/c1-18(2)10-11-6-5-9-19(11)12-7-4-8-13(21-3)14(12)15(16)17-20/h4,7-8,11,20H,5-6,9-10H2,1-3H3,(H2,16,17). The summed E-state index contributed by atoms with van der Waals surface area (Å²) in [5.74, 6) is 0.186. The van der Waals surface area contributed by atoms with Crippen molar-refractivity contribution in [1.29, 1.82) is 0 Å². The SMILES string of the molecule is CSc1cccc(N2CCCC2CN(C)C)c1/C(N)=N/O. The number of hydrogen-bond acceptors (Lipinski definition) is 5. The van der Waals surface area contributed by atoms with Gasteiger partial charge in [-0.05, 0) is 45.3 Å². The van der Waals surface area contributed by atoms with Gasteiger partial charge in [-0.25, -0.2) is 0 Å². The van der Waals surface area contributed by atoms with Gasteiger partial charge in [0.2, 0.25) is 0 Å². The Morgan fingerprint density at radius 3 is 2.90 bits per heavy atom. The Kier molecular flexibility index (Phi) is 5.36. The highest BCUT2D eigenvalue weighted by Crippen LogP contribution is 2.34. The number of nitrogens with two attached hydrogens (primary N) is 1. The minimum Gasteiger partial charge on any atom is -0.409 e. The number of benzene rings is 1. The lowest BCUT2D eigenvalue weighted by atomic mass is 10.1. The van der Waals surface area contributed by atoms with E-state index in [0.29, 0.717) is 6.04 Å². The van der Waals surface area contributed by atoms with Crippen LogP contribution in [0.1, 0.15) is 18.4 Å². The summed E-state index contributed by atoms with van der Waals surface area (Å²) in [5, 5.41) is 12.3. The number of anilines is 1. The molecule has 1 heterocycles. The van der Waals surface area contributed by atoms with E-state index < -0.39 is 0 Å². The Balaban J connectivity index is 2.43. The predicted octanol–water partition coefficient (Wildman–Crippen LogP) is 2.03. The maximum Gasteiger partial charge on any atom is 0.173 e. The molecule has 2 rings (SSSR count). The Hall–Kier alpha value is -1.40. The summed E-state index contributed by atoms with van der Waals surface area (Å²) in [7, 11) is 4.19. The molecule has 1 aliphatic heterocycles. The average molecular weight is 308 g/mol. The number of oxime groups is 1. The van der Waals surface area contributed by atoms with Crippen LogP contribution < -0.4 is 10.6 Å². The van der Waals surface area contributed by atoms with E-state index in [1.807, 2.05) is 18.4 Å². The van der Waals surface area contributed by atoms with Crippen molar-refractivity contribution in [2.24, 2.45) is 10.9 Å². The molecule has 0 saturated carbocycles. The first-order valence-electron chi connectivity index (χ1n) is 7.14. The normalized spacial score (nSPS) is 19.5. The molecule has 1 aliphatic rings. The molecule has 5 nitrogen and oxygen atoms in total. The van der Waals surface area contributed by atoms with Crippen molar-refractivity contribution in [2.45, 2.75) is 23.8 Å². The largest absolute Gasteiger partial charge is 0.409 e. The summed E-state index contributed by atoms with van der Waals surface area (Å²) >= 11 is 1.62. The predicted molar refractivity (Wildman–Crippen MR) is 89.7 cm³/mol. The Bertz CT molecular complexity index is 518. The number of rotatable bonds is 5. The number of thioether (sulfide) groups is 1. The van der Waals surface area contributed by atoms with Crippen molar-refractivity contribution in [3.8, 4) is 0 Å². The quantitative estimate of drug-likeness (QED) is 0.286. The molecule has 3 N–H and O–H groups in total. The van der Waals surface area contributed by atoms with Crippen molar-refractivity contribution >= 4 is 23.3 Å². The van der Waals surface area contributed by atoms with Crippen molar-refractivity contribution in [2.75, 3.05) is 38.3 Å². The van der Waals surface area contributed by atoms with Crippen LogP contribution in [0.3, 0.4) is 0 Å². The first kappa shape index (κ1) is 16.0. The number of hydrogen-bond donors (Lipinski definition) is 2. The summed E-state index contributed by atoms with van der Waals surface area (Å²) in [6.07, 6.45) is 4.36. The lowest BCUT2D eigenvalue weighted by Gasteiger charge is -2.31. The van der Waals surface area contributed by atoms with Gasteiger partial charge in [0.15, 0.2) is 5.84 Å². The van der Waals surface area contributed by atoms with Gasteiger partial charge in [0.05, 0.1) is 5.56 Å². The molecule has 0 amide bonds. The molecule has 1 aromatic rings. The Labute approximate surface area is 130 Å². The van der Waals surface area contributed by atoms with Crippen LogP contribution in [0.5, 0.6) is 0 Å². The highest BCUT2D eigenvalue weighted by molar-refractivity contribution is 7.98. The van der Waals surface area contributed by atoms with E-state index in [1.54, 1.807) is 11.8 Å². The minimum absolute atomic E-state index is 0.186. The maximum atomic E-state index is 9.11. The summed E-state index contributed by atoms with van der Waals surface area (Å²) in [4.78, 5) is 5.65. The van der Waals surface area contributed by atoms with Crippen molar-refractivity contribution < 1.29 is 5.21 Å². The van der Waals surface area contributed by atoms with E-state index in [9.17, 15) is 0 Å². The first-order valence-corrected chi connectivity index (χ1v) is 8.37. The zero-order valence-corrected chi connectivity index (χ0v) is 13.7. The molecule has 1 fully saturated rings. The van der Waals surface area contributed by atoms with Gasteiger partial charge < -0.3 is 20.7 Å². The van der Waals surface area contributed by atoms with E-state index in [-0.39, 0.29) is 5.84 Å². The van der Waals surface area contributed by atoms with Crippen LogP contribution in [-0.2, 0) is 0 Å². The van der Waals surface area contributed by atoms with Gasteiger partial charge in [-0.15, -0.1) is 11.8 Å². The third-order valence-corrected chi connectivity index (χ3v) is 4.63. The number of amidine groups is 1. The van der Waals surface area contributed by atoms with E-state index in [2.05, 4.69) is 35.1 Å². The van der Waals surface area contributed by atoms with Crippen LogP contribution in [0.25, 0.3) is 0 Å². The second kappa shape index (κ2) is 7.04. The van der Waals surface area contributed by atoms with Crippen LogP contribution in [0.4, 0.5) is 5.69 Å². The highest BCUT2D eigenvalue weighted by atomic mass is 32.2. The molecule has 0 bridgehead atoms. The first-order chi connectivity index (χ1) is 10.1. The second-order valence-electron chi connectivity index (χ2n) is 5.59. The second-order valence-corrected chi connectivity index (χ2v) is 6.44. The average Bonchev–Trinajstić information content (AvgIpc) is 2.92. The van der Waals surface area contributed by atoms with Crippen LogP contribution in [0.2, 0.25) is 0 Å². The van der Waals surface area contributed by atoms with Crippen molar-refractivity contribution in [1.82, 2.24) is 4.90 Å². The molecule has 116 valence electrons. The molecule has 1 saturated heterocycles. The van der Waals surface area contributed by atoms with Crippen LogP contribution in [0.15, 0.2) is 28.3 Å². The third-order valence-electron chi connectivity index (χ3n) is 3.85. The van der Waals surface area contributed by atoms with Gasteiger partial charge in [-0.3, -0.25) is 0 Å². The van der Waals surface area contributed by atoms with Crippen LogP contribution in [-0.4, -0.2) is 55.4 Å². The molecule has 1 unspecified atom stereocenters. The molecule has 6 heteroatoms. The van der Waals surface area contributed by atoms with Gasteiger partial charge in [0, 0.05) is 29.7 Å². The fraction of sp³-hybridized carbons (Fsp3) is 0.533. The van der Waals surface area contributed by atoms with Crippen LogP contribution in [0, 0.1) is 0 Å². The molecule has 0 spiro atoms. The lowest BCUT2D eigenvalue weighted by Crippen LogP contribution is -2.38. The maximum absolute atomic E-state index is 9.11. The molecule has 1 aromatic carbocycles. The summed E-state index contributed by atoms with van der Waals surface area (Å²) in [5.41, 5.74) is 7.85. The Morgan fingerprint density at radius 1 is 1.52 bits per heavy atom. The highest BCUT2D eigenvalue weighted by Gasteiger charge is 2.28. The fourth-order valence-electron chi connectivity index (χ4n) is 3.00. The molecule has 21 heavy (non-hydrogen) atoms. The smallest absolute Gasteiger partial charge is 0.173 e. The van der Waals surface area contributed by atoms with Gasteiger partial charge in [-0.2, -0.15) is 0 Å². The molecule has 1 atom stereocenters. The van der Waals surface area contributed by atoms with Crippen molar-refractivity contribution in [3.05, 3.63) is 23.8 Å². The third kappa shape index (κ3) is 3.44. The number of likely N-dealkylation sites (N-methyl/N-ethyl adjacent to an activating group) is 1. The van der Waals surface area contributed by atoms with E-state index >= 15 is 0 Å².